The van der Waals surface area contributed by atoms with E-state index in [-0.39, 0.29) is 23.7 Å². The molecule has 1 fully saturated rings. The van der Waals surface area contributed by atoms with Gasteiger partial charge in [-0.25, -0.2) is 4.79 Å². The predicted octanol–water partition coefficient (Wildman–Crippen LogP) is 3.75. The number of ether oxygens (including phenoxy) is 2. The number of hydrogen-bond acceptors (Lipinski definition) is 3. The molecule has 2 heterocycles. The number of nitrogens with zero attached hydrogens (tertiary/aromatic N) is 1. The Morgan fingerprint density at radius 3 is 3.05 bits per heavy atom. The van der Waals surface area contributed by atoms with Gasteiger partial charge in [0.25, 0.3) is 0 Å². The molecular formula is C16H20ClNO3. The third-order valence-corrected chi connectivity index (χ3v) is 4.82. The van der Waals surface area contributed by atoms with E-state index in [1.165, 1.54) is 5.56 Å². The zero-order chi connectivity index (χ0) is 15.2. The van der Waals surface area contributed by atoms with Crippen molar-refractivity contribution < 1.29 is 14.3 Å². The molecule has 21 heavy (non-hydrogen) atoms. The first-order valence-electron chi connectivity index (χ1n) is 7.34. The summed E-state index contributed by atoms with van der Waals surface area (Å²) in [5.41, 5.74) is 1.85. The molecule has 3 atom stereocenters. The standard InChI is InChI=1S/C16H20ClNO3/c1-4-20-15(19)18-8-12-11-6-5-7-13(17)14(11)10(2)21-16(12,3)9-18/h5-7,10,12H,4,8-9H2,1-3H3/t10-,12+,16+/m1/s1. The van der Waals surface area contributed by atoms with Crippen molar-refractivity contribution in [1.29, 1.82) is 0 Å². The minimum Gasteiger partial charge on any atom is -0.450 e. The van der Waals surface area contributed by atoms with Gasteiger partial charge in [-0.3, -0.25) is 0 Å². The lowest BCUT2D eigenvalue weighted by Gasteiger charge is -2.40. The van der Waals surface area contributed by atoms with Crippen molar-refractivity contribution >= 4 is 17.7 Å². The fourth-order valence-corrected chi connectivity index (χ4v) is 3.95. The molecule has 114 valence electrons. The molecule has 4 nitrogen and oxygen atoms in total. The first-order valence-corrected chi connectivity index (χ1v) is 7.72. The number of likely N-dealkylation sites (tertiary alicyclic amines) is 1. The molecule has 1 aromatic carbocycles. The van der Waals surface area contributed by atoms with Gasteiger partial charge in [-0.2, -0.15) is 0 Å². The summed E-state index contributed by atoms with van der Waals surface area (Å²) in [6.07, 6.45) is -0.343. The molecular weight excluding hydrogens is 290 g/mol. The number of rotatable bonds is 1. The number of halogens is 1. The SMILES string of the molecule is CCOC(=O)N1C[C@H]2c3cccc(Cl)c3[C@@H](C)O[C@@]2(C)C1. The molecule has 0 bridgehead atoms. The van der Waals surface area contributed by atoms with Crippen molar-refractivity contribution in [2.45, 2.75) is 38.4 Å². The van der Waals surface area contributed by atoms with Gasteiger partial charge in [0.2, 0.25) is 0 Å². The molecule has 0 unspecified atom stereocenters. The number of carbonyl (C=O) groups is 1. The van der Waals surface area contributed by atoms with Gasteiger partial charge < -0.3 is 14.4 Å². The van der Waals surface area contributed by atoms with Gasteiger partial charge in [0.1, 0.15) is 0 Å². The third-order valence-electron chi connectivity index (χ3n) is 4.49. The van der Waals surface area contributed by atoms with E-state index in [4.69, 9.17) is 21.1 Å². The zero-order valence-electron chi connectivity index (χ0n) is 12.6. The van der Waals surface area contributed by atoms with Gasteiger partial charge in [0.05, 0.1) is 24.9 Å². The van der Waals surface area contributed by atoms with Crippen molar-refractivity contribution in [1.82, 2.24) is 4.90 Å². The van der Waals surface area contributed by atoms with Crippen LogP contribution in [0.3, 0.4) is 0 Å². The van der Waals surface area contributed by atoms with Crippen LogP contribution < -0.4 is 0 Å². The number of carbonyl (C=O) groups excluding carboxylic acids is 1. The van der Waals surface area contributed by atoms with Crippen LogP contribution >= 0.6 is 11.6 Å². The molecule has 5 heteroatoms. The summed E-state index contributed by atoms with van der Waals surface area (Å²) in [4.78, 5) is 13.7. The van der Waals surface area contributed by atoms with Gasteiger partial charge in [-0.15, -0.1) is 0 Å². The third kappa shape index (κ3) is 2.30. The number of hydrogen-bond donors (Lipinski definition) is 0. The van der Waals surface area contributed by atoms with Crippen LogP contribution in [0.15, 0.2) is 18.2 Å². The van der Waals surface area contributed by atoms with Crippen LogP contribution in [0.5, 0.6) is 0 Å². The molecule has 2 aliphatic heterocycles. The van der Waals surface area contributed by atoms with Crippen LogP contribution in [-0.2, 0) is 9.47 Å². The van der Waals surface area contributed by atoms with Crippen LogP contribution in [0, 0.1) is 0 Å². The maximum Gasteiger partial charge on any atom is 0.409 e. The van der Waals surface area contributed by atoms with E-state index in [1.54, 1.807) is 4.90 Å². The molecule has 1 aromatic rings. The van der Waals surface area contributed by atoms with Crippen molar-refractivity contribution in [3.8, 4) is 0 Å². The highest BCUT2D eigenvalue weighted by Gasteiger charge is 2.51. The first kappa shape index (κ1) is 14.7. The summed E-state index contributed by atoms with van der Waals surface area (Å²) in [5, 5.41) is 0.733. The van der Waals surface area contributed by atoms with Gasteiger partial charge in [0, 0.05) is 23.0 Å². The van der Waals surface area contributed by atoms with E-state index in [1.807, 2.05) is 26.0 Å². The van der Waals surface area contributed by atoms with Crippen LogP contribution in [-0.4, -0.2) is 36.3 Å². The molecule has 0 radical (unpaired) electrons. The van der Waals surface area contributed by atoms with Gasteiger partial charge in [-0.05, 0) is 32.4 Å². The van der Waals surface area contributed by atoms with E-state index in [2.05, 4.69) is 13.0 Å². The molecule has 3 rings (SSSR count). The maximum atomic E-state index is 12.0. The normalized spacial score (nSPS) is 30.8. The molecule has 1 saturated heterocycles. The Bertz CT molecular complexity index is 577. The number of benzene rings is 1. The Labute approximate surface area is 130 Å². The summed E-state index contributed by atoms with van der Waals surface area (Å²) in [5.74, 6) is 0.131. The second-order valence-corrected chi connectivity index (χ2v) is 6.35. The van der Waals surface area contributed by atoms with Crippen molar-refractivity contribution in [3.05, 3.63) is 34.3 Å². The van der Waals surface area contributed by atoms with E-state index in [0.29, 0.717) is 19.7 Å². The number of amides is 1. The highest BCUT2D eigenvalue weighted by Crippen LogP contribution is 2.49. The molecule has 0 saturated carbocycles. The summed E-state index contributed by atoms with van der Waals surface area (Å²) in [6.45, 7) is 7.44. The smallest absolute Gasteiger partial charge is 0.409 e. The van der Waals surface area contributed by atoms with Gasteiger partial charge in [-0.1, -0.05) is 23.7 Å². The Hall–Kier alpha value is -1.26. The monoisotopic (exact) mass is 309 g/mol. The molecule has 0 aliphatic carbocycles. The fourth-order valence-electron chi connectivity index (χ4n) is 3.62. The minimum atomic E-state index is -0.385. The van der Waals surface area contributed by atoms with Crippen molar-refractivity contribution in [2.75, 3.05) is 19.7 Å². The van der Waals surface area contributed by atoms with E-state index in [0.717, 1.165) is 10.6 Å². The quantitative estimate of drug-likeness (QED) is 0.793. The van der Waals surface area contributed by atoms with E-state index < -0.39 is 0 Å². The second kappa shape index (κ2) is 5.18. The molecule has 2 aliphatic rings. The van der Waals surface area contributed by atoms with Gasteiger partial charge >= 0.3 is 6.09 Å². The fraction of sp³-hybridized carbons (Fsp3) is 0.562. The Morgan fingerprint density at radius 2 is 2.33 bits per heavy atom. The molecule has 0 aromatic heterocycles. The average Bonchev–Trinajstić information content (AvgIpc) is 2.76. The molecule has 0 spiro atoms. The highest BCUT2D eigenvalue weighted by molar-refractivity contribution is 6.31. The topological polar surface area (TPSA) is 38.8 Å². The van der Waals surface area contributed by atoms with Gasteiger partial charge in [0.15, 0.2) is 0 Å². The summed E-state index contributed by atoms with van der Waals surface area (Å²) in [6, 6.07) is 5.95. The lowest BCUT2D eigenvalue weighted by Crippen LogP contribution is -2.42. The Morgan fingerprint density at radius 1 is 1.57 bits per heavy atom. The Balaban J connectivity index is 1.97. The summed E-state index contributed by atoms with van der Waals surface area (Å²) in [7, 11) is 0. The van der Waals surface area contributed by atoms with Crippen molar-refractivity contribution in [3.63, 3.8) is 0 Å². The highest BCUT2D eigenvalue weighted by atomic mass is 35.5. The van der Waals surface area contributed by atoms with Crippen LogP contribution in [0.2, 0.25) is 5.02 Å². The first-order chi connectivity index (χ1) is 9.96. The van der Waals surface area contributed by atoms with Crippen molar-refractivity contribution in [2.24, 2.45) is 0 Å². The minimum absolute atomic E-state index is 0.0721. The van der Waals surface area contributed by atoms with Crippen LogP contribution in [0.1, 0.15) is 43.9 Å². The summed E-state index contributed by atoms with van der Waals surface area (Å²) >= 11 is 6.34. The lowest BCUT2D eigenvalue weighted by molar-refractivity contribution is -0.0899. The zero-order valence-corrected chi connectivity index (χ0v) is 13.3. The maximum absolute atomic E-state index is 12.0. The van der Waals surface area contributed by atoms with Crippen LogP contribution in [0.25, 0.3) is 0 Å². The number of fused-ring (bicyclic) bond motifs is 3. The largest absolute Gasteiger partial charge is 0.450 e. The Kier molecular flexibility index (Phi) is 3.62. The van der Waals surface area contributed by atoms with Crippen LogP contribution in [0.4, 0.5) is 4.79 Å². The molecule has 1 amide bonds. The molecule has 0 N–H and O–H groups in total. The summed E-state index contributed by atoms with van der Waals surface area (Å²) < 4.78 is 11.4. The average molecular weight is 310 g/mol. The lowest BCUT2D eigenvalue weighted by atomic mass is 9.80. The van der Waals surface area contributed by atoms with E-state index >= 15 is 0 Å². The van der Waals surface area contributed by atoms with E-state index in [9.17, 15) is 4.79 Å². The predicted molar refractivity (Wildman–Crippen MR) is 80.7 cm³/mol. The second-order valence-electron chi connectivity index (χ2n) is 5.95.